The Morgan fingerprint density at radius 3 is 2.81 bits per heavy atom. The van der Waals surface area contributed by atoms with Gasteiger partial charge >= 0.3 is 11.7 Å². The van der Waals surface area contributed by atoms with Crippen molar-refractivity contribution in [3.63, 3.8) is 0 Å². The molecule has 1 saturated heterocycles. The third-order valence-electron chi connectivity index (χ3n) is 3.96. The maximum atomic E-state index is 13.6. The summed E-state index contributed by atoms with van der Waals surface area (Å²) in [6, 6.07) is 3.96. The van der Waals surface area contributed by atoms with Gasteiger partial charge in [-0.15, -0.1) is 0 Å². The van der Waals surface area contributed by atoms with E-state index in [2.05, 4.69) is 4.90 Å². The van der Waals surface area contributed by atoms with E-state index in [1.807, 2.05) is 6.92 Å². The van der Waals surface area contributed by atoms with Crippen molar-refractivity contribution in [3.8, 4) is 0 Å². The lowest BCUT2D eigenvalue weighted by Crippen LogP contribution is -2.42. The average molecular weight is 296 g/mol. The molecule has 0 spiro atoms. The van der Waals surface area contributed by atoms with Crippen LogP contribution in [0, 0.1) is 21.8 Å². The van der Waals surface area contributed by atoms with Gasteiger partial charge in [0.05, 0.1) is 10.8 Å². The third-order valence-corrected chi connectivity index (χ3v) is 3.96. The molecule has 1 heterocycles. The van der Waals surface area contributed by atoms with E-state index < -0.39 is 22.4 Å². The van der Waals surface area contributed by atoms with Crippen LogP contribution in [-0.2, 0) is 11.3 Å². The molecule has 1 aliphatic heterocycles. The average Bonchev–Trinajstić information content (AvgIpc) is 2.40. The number of carboxylic acid groups (broad SMARTS) is 1. The van der Waals surface area contributed by atoms with Crippen LogP contribution in [0.3, 0.4) is 0 Å². The number of nitro groups is 1. The van der Waals surface area contributed by atoms with Crippen molar-refractivity contribution >= 4 is 11.7 Å². The van der Waals surface area contributed by atoms with Crippen molar-refractivity contribution in [1.29, 1.82) is 0 Å². The number of carboxylic acids is 1. The van der Waals surface area contributed by atoms with E-state index in [0.29, 0.717) is 31.5 Å². The molecular formula is C14H17FN2O4. The van der Waals surface area contributed by atoms with E-state index in [4.69, 9.17) is 5.11 Å². The number of hydrogen-bond acceptors (Lipinski definition) is 4. The Labute approximate surface area is 121 Å². The largest absolute Gasteiger partial charge is 0.481 e. The minimum Gasteiger partial charge on any atom is -0.481 e. The quantitative estimate of drug-likeness (QED) is 0.681. The summed E-state index contributed by atoms with van der Waals surface area (Å²) in [4.78, 5) is 22.9. The zero-order chi connectivity index (χ0) is 15.6. The van der Waals surface area contributed by atoms with Crippen molar-refractivity contribution in [2.75, 3.05) is 6.54 Å². The van der Waals surface area contributed by atoms with Gasteiger partial charge in [0.25, 0.3) is 0 Å². The summed E-state index contributed by atoms with van der Waals surface area (Å²) in [7, 11) is 0. The Bertz CT molecular complexity index is 564. The monoisotopic (exact) mass is 296 g/mol. The van der Waals surface area contributed by atoms with Crippen molar-refractivity contribution < 1.29 is 19.2 Å². The van der Waals surface area contributed by atoms with Crippen LogP contribution in [0.15, 0.2) is 18.2 Å². The highest BCUT2D eigenvalue weighted by molar-refractivity contribution is 5.70. The molecule has 21 heavy (non-hydrogen) atoms. The number of carbonyl (C=O) groups is 1. The highest BCUT2D eigenvalue weighted by atomic mass is 19.1. The first-order chi connectivity index (χ1) is 9.88. The molecular weight excluding hydrogens is 279 g/mol. The standard InChI is InChI=1S/C14H17FN2O4/c1-9-6-11(14(18)19)4-5-16(9)8-10-2-3-13(17(20)21)12(15)7-10/h2-3,7,9,11H,4-6,8H2,1H3,(H,18,19). The lowest BCUT2D eigenvalue weighted by atomic mass is 9.91. The van der Waals surface area contributed by atoms with Gasteiger partial charge < -0.3 is 5.11 Å². The number of halogens is 1. The second-order valence-electron chi connectivity index (χ2n) is 5.42. The third kappa shape index (κ3) is 3.55. The summed E-state index contributed by atoms with van der Waals surface area (Å²) < 4.78 is 13.6. The molecule has 0 saturated carbocycles. The van der Waals surface area contributed by atoms with Crippen LogP contribution in [0.1, 0.15) is 25.3 Å². The summed E-state index contributed by atoms with van der Waals surface area (Å²) >= 11 is 0. The summed E-state index contributed by atoms with van der Waals surface area (Å²) in [6.45, 7) is 3.02. The molecule has 0 aromatic heterocycles. The molecule has 1 N–H and O–H groups in total. The summed E-state index contributed by atoms with van der Waals surface area (Å²) in [6.07, 6.45) is 1.12. The van der Waals surface area contributed by atoms with Gasteiger partial charge in [0.15, 0.2) is 0 Å². The molecule has 7 heteroatoms. The molecule has 1 fully saturated rings. The number of likely N-dealkylation sites (tertiary alicyclic amines) is 1. The number of aliphatic carboxylic acids is 1. The molecule has 2 atom stereocenters. The summed E-state index contributed by atoms with van der Waals surface area (Å²) in [5.41, 5.74) is 0.120. The van der Waals surface area contributed by atoms with Gasteiger partial charge in [-0.1, -0.05) is 6.07 Å². The van der Waals surface area contributed by atoms with E-state index in [1.54, 1.807) is 0 Å². The van der Waals surface area contributed by atoms with Crippen molar-refractivity contribution in [2.24, 2.45) is 5.92 Å². The number of hydrogen-bond donors (Lipinski definition) is 1. The maximum absolute atomic E-state index is 13.6. The second-order valence-corrected chi connectivity index (χ2v) is 5.42. The van der Waals surface area contributed by atoms with Crippen LogP contribution >= 0.6 is 0 Å². The molecule has 1 aromatic rings. The van der Waals surface area contributed by atoms with Gasteiger partial charge in [-0.2, -0.15) is 4.39 Å². The molecule has 0 bridgehead atoms. The topological polar surface area (TPSA) is 83.7 Å². The smallest absolute Gasteiger partial charge is 0.306 e. The highest BCUT2D eigenvalue weighted by Gasteiger charge is 2.29. The van der Waals surface area contributed by atoms with Crippen LogP contribution in [0.5, 0.6) is 0 Å². The van der Waals surface area contributed by atoms with Gasteiger partial charge in [0, 0.05) is 18.7 Å². The normalized spacial score (nSPS) is 23.0. The molecule has 0 aliphatic carbocycles. The van der Waals surface area contributed by atoms with Crippen LogP contribution in [-0.4, -0.2) is 33.5 Å². The van der Waals surface area contributed by atoms with Crippen molar-refractivity contribution in [1.82, 2.24) is 4.90 Å². The molecule has 2 rings (SSSR count). The molecule has 1 aromatic carbocycles. The number of rotatable bonds is 4. The Morgan fingerprint density at radius 2 is 2.29 bits per heavy atom. The van der Waals surface area contributed by atoms with Gasteiger partial charge in [-0.3, -0.25) is 19.8 Å². The van der Waals surface area contributed by atoms with Crippen molar-refractivity contribution in [2.45, 2.75) is 32.4 Å². The fourth-order valence-electron chi connectivity index (χ4n) is 2.71. The number of piperidine rings is 1. The lowest BCUT2D eigenvalue weighted by molar-refractivity contribution is -0.387. The lowest BCUT2D eigenvalue weighted by Gasteiger charge is -2.36. The fraction of sp³-hybridized carbons (Fsp3) is 0.500. The van der Waals surface area contributed by atoms with Gasteiger partial charge in [-0.05, 0) is 37.9 Å². The Hall–Kier alpha value is -2.02. The number of nitro benzene ring substituents is 1. The van der Waals surface area contributed by atoms with E-state index in [1.165, 1.54) is 18.2 Å². The molecule has 6 nitrogen and oxygen atoms in total. The predicted molar refractivity (Wildman–Crippen MR) is 73.3 cm³/mol. The Balaban J connectivity index is 2.04. The number of nitrogens with zero attached hydrogens (tertiary/aromatic N) is 2. The molecule has 2 unspecified atom stereocenters. The SMILES string of the molecule is CC1CC(C(=O)O)CCN1Cc1ccc([N+](=O)[O-])c(F)c1. The first-order valence-electron chi connectivity index (χ1n) is 6.78. The Kier molecular flexibility index (Phi) is 4.52. The zero-order valence-electron chi connectivity index (χ0n) is 11.7. The summed E-state index contributed by atoms with van der Waals surface area (Å²) in [5.74, 6) is -1.95. The van der Waals surface area contributed by atoms with Gasteiger partial charge in [0.2, 0.25) is 5.82 Å². The molecule has 114 valence electrons. The van der Waals surface area contributed by atoms with Crippen LogP contribution < -0.4 is 0 Å². The first-order valence-corrected chi connectivity index (χ1v) is 6.78. The van der Waals surface area contributed by atoms with Crippen LogP contribution in [0.2, 0.25) is 0 Å². The molecule has 0 amide bonds. The molecule has 1 aliphatic rings. The first kappa shape index (κ1) is 15.4. The predicted octanol–water partition coefficient (Wildman–Crippen LogP) is 2.42. The van der Waals surface area contributed by atoms with Gasteiger partial charge in [0.1, 0.15) is 0 Å². The van der Waals surface area contributed by atoms with Gasteiger partial charge in [-0.25, -0.2) is 0 Å². The van der Waals surface area contributed by atoms with E-state index >= 15 is 0 Å². The van der Waals surface area contributed by atoms with E-state index in [-0.39, 0.29) is 12.0 Å². The number of benzene rings is 1. The van der Waals surface area contributed by atoms with Crippen LogP contribution in [0.4, 0.5) is 10.1 Å². The fourth-order valence-corrected chi connectivity index (χ4v) is 2.71. The van der Waals surface area contributed by atoms with E-state index in [0.717, 1.165) is 0 Å². The molecule has 0 radical (unpaired) electrons. The minimum absolute atomic E-state index is 0.0816. The van der Waals surface area contributed by atoms with E-state index in [9.17, 15) is 19.3 Å². The summed E-state index contributed by atoms with van der Waals surface area (Å²) in [5, 5.41) is 19.6. The van der Waals surface area contributed by atoms with Crippen molar-refractivity contribution in [3.05, 3.63) is 39.7 Å². The Morgan fingerprint density at radius 1 is 1.57 bits per heavy atom. The second kappa shape index (κ2) is 6.17. The van der Waals surface area contributed by atoms with Crippen LogP contribution in [0.25, 0.3) is 0 Å². The highest BCUT2D eigenvalue weighted by Crippen LogP contribution is 2.26. The maximum Gasteiger partial charge on any atom is 0.306 e. The zero-order valence-corrected chi connectivity index (χ0v) is 11.7. The minimum atomic E-state index is -0.842.